The summed E-state index contributed by atoms with van der Waals surface area (Å²) in [7, 11) is 1.66. The number of fused-ring (bicyclic) bond motifs is 1. The van der Waals surface area contributed by atoms with Crippen LogP contribution in [0.15, 0.2) is 47.3 Å². The number of nitrogens with zero attached hydrogens (tertiary/aromatic N) is 2. The molecule has 0 radical (unpaired) electrons. The van der Waals surface area contributed by atoms with E-state index in [9.17, 15) is 19.2 Å². The lowest BCUT2D eigenvalue weighted by Gasteiger charge is -2.21. The van der Waals surface area contributed by atoms with Crippen LogP contribution in [0.4, 0.5) is 0 Å². The SMILES string of the molecule is Cn1c(=O)n(C2CCC(=O)NC2=O)c2ccc(-c3ccc(C(=O)OC(C)(C)C)cc3)cc21. The Kier molecular flexibility index (Phi) is 5.24. The molecular weight excluding hydrogens is 410 g/mol. The van der Waals surface area contributed by atoms with E-state index in [2.05, 4.69) is 5.32 Å². The van der Waals surface area contributed by atoms with Crippen LogP contribution >= 0.6 is 0 Å². The van der Waals surface area contributed by atoms with Gasteiger partial charge in [-0.25, -0.2) is 9.59 Å². The van der Waals surface area contributed by atoms with Gasteiger partial charge >= 0.3 is 11.7 Å². The maximum atomic E-state index is 12.9. The third-order valence-electron chi connectivity index (χ3n) is 5.46. The van der Waals surface area contributed by atoms with Crippen molar-refractivity contribution in [2.75, 3.05) is 0 Å². The van der Waals surface area contributed by atoms with E-state index in [4.69, 9.17) is 4.74 Å². The third-order valence-corrected chi connectivity index (χ3v) is 5.46. The first kappa shape index (κ1) is 21.5. The Balaban J connectivity index is 1.68. The first-order chi connectivity index (χ1) is 15.0. The molecule has 2 amide bonds. The second kappa shape index (κ2) is 7.78. The number of benzene rings is 2. The number of piperidine rings is 1. The third kappa shape index (κ3) is 3.95. The van der Waals surface area contributed by atoms with Crippen molar-refractivity contribution in [1.82, 2.24) is 14.5 Å². The minimum absolute atomic E-state index is 0.196. The number of rotatable bonds is 3. The fourth-order valence-corrected chi connectivity index (χ4v) is 3.91. The fourth-order valence-electron chi connectivity index (χ4n) is 3.91. The molecule has 1 aromatic heterocycles. The second-order valence-electron chi connectivity index (χ2n) is 8.96. The molecule has 0 saturated carbocycles. The van der Waals surface area contributed by atoms with Gasteiger partial charge in [0.1, 0.15) is 11.6 Å². The van der Waals surface area contributed by atoms with Gasteiger partial charge in [-0.1, -0.05) is 18.2 Å². The molecule has 1 aliphatic heterocycles. The van der Waals surface area contributed by atoms with Crippen molar-refractivity contribution in [1.29, 1.82) is 0 Å². The van der Waals surface area contributed by atoms with Crippen LogP contribution in [-0.4, -0.2) is 32.5 Å². The number of esters is 1. The van der Waals surface area contributed by atoms with E-state index in [1.165, 1.54) is 9.13 Å². The number of carbonyl (C=O) groups excluding carboxylic acids is 3. The zero-order valence-corrected chi connectivity index (χ0v) is 18.5. The van der Waals surface area contributed by atoms with Gasteiger partial charge < -0.3 is 4.74 Å². The molecule has 2 aromatic carbocycles. The maximum absolute atomic E-state index is 12.9. The van der Waals surface area contributed by atoms with E-state index < -0.39 is 17.6 Å². The average molecular weight is 435 g/mol. The predicted octanol–water partition coefficient (Wildman–Crippen LogP) is 2.94. The van der Waals surface area contributed by atoms with Crippen molar-refractivity contribution < 1.29 is 19.1 Å². The monoisotopic (exact) mass is 435 g/mol. The van der Waals surface area contributed by atoms with Crippen LogP contribution in [0.5, 0.6) is 0 Å². The summed E-state index contributed by atoms with van der Waals surface area (Å²) in [5.41, 5.74) is 2.62. The predicted molar refractivity (Wildman–Crippen MR) is 119 cm³/mol. The lowest BCUT2D eigenvalue weighted by Crippen LogP contribution is -2.44. The molecule has 1 fully saturated rings. The Hall–Kier alpha value is -3.68. The van der Waals surface area contributed by atoms with Gasteiger partial charge in [-0.2, -0.15) is 0 Å². The molecule has 1 N–H and O–H groups in total. The molecule has 166 valence electrons. The number of ether oxygens (including phenoxy) is 1. The first-order valence-electron chi connectivity index (χ1n) is 10.4. The van der Waals surface area contributed by atoms with Gasteiger partial charge in [-0.05, 0) is 62.6 Å². The van der Waals surface area contributed by atoms with Gasteiger partial charge in [0.2, 0.25) is 11.8 Å². The lowest BCUT2D eigenvalue weighted by molar-refractivity contribution is -0.135. The van der Waals surface area contributed by atoms with Crippen LogP contribution in [0, 0.1) is 0 Å². The summed E-state index contributed by atoms with van der Waals surface area (Å²) in [6.45, 7) is 5.46. The minimum Gasteiger partial charge on any atom is -0.456 e. The molecule has 4 rings (SSSR count). The zero-order chi connectivity index (χ0) is 23.2. The molecule has 8 nitrogen and oxygen atoms in total. The van der Waals surface area contributed by atoms with Crippen LogP contribution < -0.4 is 11.0 Å². The van der Waals surface area contributed by atoms with Crippen LogP contribution in [0.25, 0.3) is 22.2 Å². The van der Waals surface area contributed by atoms with E-state index in [1.807, 2.05) is 45.0 Å². The summed E-state index contributed by atoms with van der Waals surface area (Å²) in [6, 6.07) is 11.9. The number of imide groups is 1. The number of amides is 2. The molecule has 0 spiro atoms. The van der Waals surface area contributed by atoms with Gasteiger partial charge in [-0.15, -0.1) is 0 Å². The Labute approximate surface area is 184 Å². The Morgan fingerprint density at radius 3 is 2.28 bits per heavy atom. The molecule has 3 aromatic rings. The van der Waals surface area contributed by atoms with E-state index in [-0.39, 0.29) is 30.4 Å². The van der Waals surface area contributed by atoms with E-state index in [0.717, 1.165) is 11.1 Å². The fraction of sp³-hybridized carbons (Fsp3) is 0.333. The molecule has 2 heterocycles. The normalized spacial score (nSPS) is 16.8. The van der Waals surface area contributed by atoms with Gasteiger partial charge in [0.05, 0.1) is 16.6 Å². The first-order valence-corrected chi connectivity index (χ1v) is 10.4. The van der Waals surface area contributed by atoms with Crippen LogP contribution in [0.3, 0.4) is 0 Å². The number of carbonyl (C=O) groups is 3. The van der Waals surface area contributed by atoms with Crippen molar-refractivity contribution in [3.8, 4) is 11.1 Å². The number of hydrogen-bond donors (Lipinski definition) is 1. The summed E-state index contributed by atoms with van der Waals surface area (Å²) in [5, 5.41) is 2.31. The summed E-state index contributed by atoms with van der Waals surface area (Å²) in [5.74, 6) is -1.17. The van der Waals surface area contributed by atoms with Crippen molar-refractivity contribution in [2.45, 2.75) is 45.3 Å². The quantitative estimate of drug-likeness (QED) is 0.504. The minimum atomic E-state index is -0.720. The van der Waals surface area contributed by atoms with E-state index in [1.54, 1.807) is 25.2 Å². The van der Waals surface area contributed by atoms with Gasteiger partial charge in [0.15, 0.2) is 0 Å². The van der Waals surface area contributed by atoms with E-state index >= 15 is 0 Å². The Morgan fingerprint density at radius 1 is 1.00 bits per heavy atom. The van der Waals surface area contributed by atoms with E-state index in [0.29, 0.717) is 16.6 Å². The molecule has 0 aliphatic carbocycles. The van der Waals surface area contributed by atoms with Gasteiger partial charge in [-0.3, -0.25) is 24.0 Å². The highest BCUT2D eigenvalue weighted by molar-refractivity contribution is 6.00. The van der Waals surface area contributed by atoms with Gasteiger partial charge in [0, 0.05) is 13.5 Å². The van der Waals surface area contributed by atoms with Crippen molar-refractivity contribution in [3.63, 3.8) is 0 Å². The molecule has 1 unspecified atom stereocenters. The Bertz CT molecular complexity index is 1290. The molecule has 32 heavy (non-hydrogen) atoms. The van der Waals surface area contributed by atoms with Crippen LogP contribution in [0.2, 0.25) is 0 Å². The number of aromatic nitrogens is 2. The van der Waals surface area contributed by atoms with Gasteiger partial charge in [0.25, 0.3) is 0 Å². The summed E-state index contributed by atoms with van der Waals surface area (Å²) in [4.78, 5) is 49.0. The summed E-state index contributed by atoms with van der Waals surface area (Å²) in [6.07, 6.45) is 0.485. The maximum Gasteiger partial charge on any atom is 0.338 e. The van der Waals surface area contributed by atoms with Crippen molar-refractivity contribution in [3.05, 3.63) is 58.5 Å². The van der Waals surface area contributed by atoms with Crippen LogP contribution in [-0.2, 0) is 21.4 Å². The van der Waals surface area contributed by atoms with Crippen molar-refractivity contribution in [2.24, 2.45) is 7.05 Å². The smallest absolute Gasteiger partial charge is 0.338 e. The lowest BCUT2D eigenvalue weighted by atomic mass is 10.0. The van der Waals surface area contributed by atoms with Crippen LogP contribution in [0.1, 0.15) is 50.0 Å². The Morgan fingerprint density at radius 2 is 1.66 bits per heavy atom. The summed E-state index contributed by atoms with van der Waals surface area (Å²) < 4.78 is 8.35. The second-order valence-corrected chi connectivity index (χ2v) is 8.96. The highest BCUT2D eigenvalue weighted by Crippen LogP contribution is 2.28. The molecule has 1 aliphatic rings. The topological polar surface area (TPSA) is 99.4 Å². The van der Waals surface area contributed by atoms with Crippen molar-refractivity contribution >= 4 is 28.8 Å². The molecule has 0 bridgehead atoms. The number of hydrogen-bond acceptors (Lipinski definition) is 5. The molecular formula is C24H25N3O5. The highest BCUT2D eigenvalue weighted by Gasteiger charge is 2.31. The number of imidazole rings is 1. The number of aryl methyl sites for hydroxylation is 1. The molecule has 1 atom stereocenters. The highest BCUT2D eigenvalue weighted by atomic mass is 16.6. The zero-order valence-electron chi connectivity index (χ0n) is 18.5. The number of nitrogens with one attached hydrogen (secondary N) is 1. The summed E-state index contributed by atoms with van der Waals surface area (Å²) >= 11 is 0. The average Bonchev–Trinajstić information content (AvgIpc) is 2.97. The standard InChI is InChI=1S/C24H25N3O5/c1-24(2,3)32-22(30)15-7-5-14(6-8-15)16-9-10-17-19(13-16)26(4)23(31)27(17)18-11-12-20(28)25-21(18)29/h5-10,13,18H,11-12H2,1-4H3,(H,25,28,29). The molecule has 1 saturated heterocycles. The largest absolute Gasteiger partial charge is 0.456 e. The molecule has 8 heteroatoms.